The molecule has 2 aliphatic heterocycles. The fourth-order valence-corrected chi connectivity index (χ4v) is 5.26. The minimum atomic E-state index is -0.635. The largest absolute Gasteiger partial charge is 0.496 e. The molecule has 0 unspecified atom stereocenters. The van der Waals surface area contributed by atoms with Gasteiger partial charge in [-0.25, -0.2) is 4.39 Å². The van der Waals surface area contributed by atoms with E-state index in [1.54, 1.807) is 35.9 Å². The zero-order chi connectivity index (χ0) is 23.8. The highest BCUT2D eigenvalue weighted by Gasteiger charge is 2.50. The van der Waals surface area contributed by atoms with Gasteiger partial charge in [-0.15, -0.1) is 0 Å². The van der Waals surface area contributed by atoms with Gasteiger partial charge in [0.15, 0.2) is 0 Å². The van der Waals surface area contributed by atoms with Crippen LogP contribution < -0.4 is 20.9 Å². The highest BCUT2D eigenvalue weighted by molar-refractivity contribution is 5.82. The van der Waals surface area contributed by atoms with Gasteiger partial charge in [-0.1, -0.05) is 36.4 Å². The highest BCUT2D eigenvalue weighted by atomic mass is 19.1. The number of pyridine rings is 1. The number of benzene rings is 2. The van der Waals surface area contributed by atoms with Crippen LogP contribution in [0.15, 0.2) is 65.5 Å². The van der Waals surface area contributed by atoms with E-state index in [0.29, 0.717) is 23.4 Å². The van der Waals surface area contributed by atoms with Crippen LogP contribution in [0.25, 0.3) is 11.1 Å². The van der Waals surface area contributed by atoms with Crippen molar-refractivity contribution in [3.8, 4) is 16.9 Å². The summed E-state index contributed by atoms with van der Waals surface area (Å²) >= 11 is 0. The molecule has 4 atom stereocenters. The first-order valence-corrected chi connectivity index (χ1v) is 11.3. The summed E-state index contributed by atoms with van der Waals surface area (Å²) in [5.41, 5.74) is 2.32. The van der Waals surface area contributed by atoms with Crippen molar-refractivity contribution in [2.75, 3.05) is 13.7 Å². The van der Waals surface area contributed by atoms with E-state index in [4.69, 9.17) is 4.74 Å². The number of amides is 1. The van der Waals surface area contributed by atoms with Crippen LogP contribution in [0, 0.1) is 17.7 Å². The van der Waals surface area contributed by atoms with Crippen molar-refractivity contribution in [2.24, 2.45) is 11.8 Å². The molecule has 7 nitrogen and oxygen atoms in total. The minimum absolute atomic E-state index is 0.0650. The predicted octanol–water partition coefficient (Wildman–Crippen LogP) is 2.23. The quantitative estimate of drug-likeness (QED) is 0.522. The summed E-state index contributed by atoms with van der Waals surface area (Å²) in [7, 11) is 1.57. The summed E-state index contributed by atoms with van der Waals surface area (Å²) in [6.45, 7) is 0.265. The number of nitrogens with one attached hydrogen (secondary N) is 2. The number of aliphatic hydroxyl groups is 1. The maximum Gasteiger partial charge on any atom is 0.258 e. The molecule has 1 fully saturated rings. The molecule has 8 heteroatoms. The number of rotatable bonds is 6. The number of ether oxygens (including phenoxy) is 1. The fraction of sp³-hybridized carbons (Fsp3) is 0.308. The third-order valence-corrected chi connectivity index (χ3v) is 6.99. The lowest BCUT2D eigenvalue weighted by molar-refractivity contribution is -0.124. The van der Waals surface area contributed by atoms with Gasteiger partial charge in [-0.05, 0) is 24.3 Å². The molecule has 0 aliphatic carbocycles. The normalized spacial score (nSPS) is 22.8. The van der Waals surface area contributed by atoms with Crippen molar-refractivity contribution >= 4 is 5.91 Å². The number of aliphatic hydroxyl groups excluding tert-OH is 1. The van der Waals surface area contributed by atoms with Gasteiger partial charge in [0, 0.05) is 48.4 Å². The third-order valence-electron chi connectivity index (χ3n) is 6.99. The van der Waals surface area contributed by atoms with Crippen LogP contribution in [-0.4, -0.2) is 35.3 Å². The van der Waals surface area contributed by atoms with Crippen LogP contribution in [0.4, 0.5) is 4.39 Å². The van der Waals surface area contributed by atoms with Gasteiger partial charge in [-0.2, -0.15) is 0 Å². The summed E-state index contributed by atoms with van der Waals surface area (Å²) in [5, 5.41) is 16.2. The van der Waals surface area contributed by atoms with E-state index in [9.17, 15) is 19.1 Å². The molecular weight excluding hydrogens is 437 g/mol. The number of halogens is 1. The number of hydrogen-bond donors (Lipinski definition) is 3. The van der Waals surface area contributed by atoms with Crippen molar-refractivity contribution in [3.63, 3.8) is 0 Å². The van der Waals surface area contributed by atoms with Crippen LogP contribution in [0.3, 0.4) is 0 Å². The molecule has 5 rings (SSSR count). The molecule has 2 aliphatic rings. The Morgan fingerprint density at radius 3 is 2.68 bits per heavy atom. The van der Waals surface area contributed by atoms with E-state index < -0.39 is 6.04 Å². The monoisotopic (exact) mass is 463 g/mol. The Morgan fingerprint density at radius 2 is 1.91 bits per heavy atom. The lowest BCUT2D eigenvalue weighted by Gasteiger charge is -2.21. The van der Waals surface area contributed by atoms with Gasteiger partial charge in [-0.3, -0.25) is 14.9 Å². The molecular formula is C26H26FN3O4. The molecule has 3 N–H and O–H groups in total. The summed E-state index contributed by atoms with van der Waals surface area (Å²) in [6.07, 6.45) is 0. The lowest BCUT2D eigenvalue weighted by atomic mass is 9.88. The number of fused-ring (bicyclic) bond motifs is 3. The van der Waals surface area contributed by atoms with E-state index in [0.717, 1.165) is 11.3 Å². The van der Waals surface area contributed by atoms with Crippen LogP contribution in [0.2, 0.25) is 0 Å². The molecule has 176 valence electrons. The van der Waals surface area contributed by atoms with Crippen LogP contribution in [0.1, 0.15) is 17.3 Å². The molecule has 0 bridgehead atoms. The Hall–Kier alpha value is -3.49. The molecule has 1 amide bonds. The average Bonchev–Trinajstić information content (AvgIpc) is 3.40. The van der Waals surface area contributed by atoms with Gasteiger partial charge in [0.05, 0.1) is 24.8 Å². The molecule has 0 spiro atoms. The number of nitrogens with zero attached hydrogens (tertiary/aromatic N) is 1. The second-order valence-electron chi connectivity index (χ2n) is 8.73. The minimum Gasteiger partial charge on any atom is -0.496 e. The predicted molar refractivity (Wildman–Crippen MR) is 125 cm³/mol. The Labute approximate surface area is 196 Å². The number of carbonyl (C=O) groups excluding carboxylic acids is 1. The number of para-hydroxylation sites is 1. The first-order chi connectivity index (χ1) is 16.5. The lowest BCUT2D eigenvalue weighted by Crippen LogP contribution is -2.46. The van der Waals surface area contributed by atoms with E-state index in [1.807, 2.05) is 30.3 Å². The van der Waals surface area contributed by atoms with Crippen LogP contribution in [-0.2, 0) is 17.9 Å². The van der Waals surface area contributed by atoms with Gasteiger partial charge in [0.1, 0.15) is 11.6 Å². The third kappa shape index (κ3) is 3.69. The molecule has 3 heterocycles. The Balaban J connectivity index is 1.38. The molecule has 34 heavy (non-hydrogen) atoms. The highest BCUT2D eigenvalue weighted by Crippen LogP contribution is 2.43. The van der Waals surface area contributed by atoms with Gasteiger partial charge in [0.2, 0.25) is 5.91 Å². The van der Waals surface area contributed by atoms with Gasteiger partial charge >= 0.3 is 0 Å². The van der Waals surface area contributed by atoms with Crippen LogP contribution >= 0.6 is 0 Å². The smallest absolute Gasteiger partial charge is 0.258 e. The SMILES string of the molecule is COc1ccccc1-c1ccc2n(c1=O)C[C@H]1[C@H](CO)[C@@H](C(=O)NCc3ccccc3F)N[C@@H]21. The number of hydrogen-bond acceptors (Lipinski definition) is 5. The summed E-state index contributed by atoms with van der Waals surface area (Å²) in [5.74, 6) is -0.543. The Bertz CT molecular complexity index is 1290. The fourth-order valence-electron chi connectivity index (χ4n) is 5.26. The second kappa shape index (κ2) is 9.04. The van der Waals surface area contributed by atoms with Crippen molar-refractivity contribution in [2.45, 2.75) is 25.2 Å². The van der Waals surface area contributed by atoms with Crippen molar-refractivity contribution in [1.82, 2.24) is 15.2 Å². The zero-order valence-electron chi connectivity index (χ0n) is 18.7. The first kappa shape index (κ1) is 22.3. The maximum atomic E-state index is 13.9. The van der Waals surface area contributed by atoms with Gasteiger partial charge in [0.25, 0.3) is 5.56 Å². The Kier molecular flexibility index (Phi) is 5.93. The van der Waals surface area contributed by atoms with Crippen molar-refractivity contribution in [3.05, 3.63) is 88.1 Å². The topological polar surface area (TPSA) is 92.6 Å². The summed E-state index contributed by atoms with van der Waals surface area (Å²) in [4.78, 5) is 26.3. The molecule has 0 saturated carbocycles. The summed E-state index contributed by atoms with van der Waals surface area (Å²) in [6, 6.07) is 16.5. The Morgan fingerprint density at radius 1 is 1.15 bits per heavy atom. The maximum absolute atomic E-state index is 13.9. The first-order valence-electron chi connectivity index (χ1n) is 11.3. The molecule has 3 aromatic rings. The van der Waals surface area contributed by atoms with Gasteiger partial charge < -0.3 is 19.7 Å². The van der Waals surface area contributed by atoms with Crippen molar-refractivity contribution < 1.29 is 19.0 Å². The summed E-state index contributed by atoms with van der Waals surface area (Å²) < 4.78 is 21.1. The van der Waals surface area contributed by atoms with E-state index in [1.165, 1.54) is 6.07 Å². The number of aromatic nitrogens is 1. The second-order valence-corrected chi connectivity index (χ2v) is 8.73. The molecule has 1 saturated heterocycles. The molecule has 1 aromatic heterocycles. The van der Waals surface area contributed by atoms with Crippen molar-refractivity contribution in [1.29, 1.82) is 0 Å². The van der Waals surface area contributed by atoms with E-state index in [-0.39, 0.29) is 48.3 Å². The molecule has 0 radical (unpaired) electrons. The zero-order valence-corrected chi connectivity index (χ0v) is 18.7. The van der Waals surface area contributed by atoms with E-state index in [2.05, 4.69) is 10.6 Å². The average molecular weight is 464 g/mol. The van der Waals surface area contributed by atoms with Crippen LogP contribution in [0.5, 0.6) is 5.75 Å². The number of methoxy groups -OCH3 is 1. The molecule has 2 aromatic carbocycles. The standard InChI is InChI=1S/C26H26FN3O4/c1-34-22-9-5-3-7-16(22)17-10-11-21-23-18(13-30(21)26(17)33)19(14-31)24(29-23)25(32)28-12-15-6-2-4-8-20(15)27/h2-11,18-19,23-24,29,31H,12-14H2,1H3,(H,28,32)/t18-,19-,23+,24-/m0/s1. The number of carbonyl (C=O) groups is 1. The van der Waals surface area contributed by atoms with E-state index >= 15 is 0 Å².